The Hall–Kier alpha value is -1.26. The fourth-order valence-corrected chi connectivity index (χ4v) is 2.68. The SMILES string of the molecule is Cc1cccc(Cl)c1NC(=O)N(C)C[C@H]1CCCOC1. The van der Waals surface area contributed by atoms with Crippen molar-refractivity contribution in [3.05, 3.63) is 28.8 Å². The van der Waals surface area contributed by atoms with Crippen LogP contribution < -0.4 is 5.32 Å². The van der Waals surface area contributed by atoms with Crippen LogP contribution in [-0.4, -0.2) is 37.7 Å². The molecule has 0 aliphatic carbocycles. The van der Waals surface area contributed by atoms with Crippen LogP contribution in [0.4, 0.5) is 10.5 Å². The first-order chi connectivity index (χ1) is 9.58. The molecule has 1 heterocycles. The molecule has 0 spiro atoms. The van der Waals surface area contributed by atoms with Gasteiger partial charge in [0.2, 0.25) is 0 Å². The largest absolute Gasteiger partial charge is 0.381 e. The summed E-state index contributed by atoms with van der Waals surface area (Å²) in [5.74, 6) is 0.423. The maximum Gasteiger partial charge on any atom is 0.321 e. The molecular weight excluding hydrogens is 276 g/mol. The summed E-state index contributed by atoms with van der Waals surface area (Å²) in [6, 6.07) is 5.44. The van der Waals surface area contributed by atoms with Crippen LogP contribution in [0.15, 0.2) is 18.2 Å². The van der Waals surface area contributed by atoms with Gasteiger partial charge in [0.1, 0.15) is 0 Å². The Morgan fingerprint density at radius 2 is 2.35 bits per heavy atom. The van der Waals surface area contributed by atoms with E-state index in [-0.39, 0.29) is 6.03 Å². The molecule has 1 aromatic rings. The number of carbonyl (C=O) groups excluding carboxylic acids is 1. The van der Waals surface area contributed by atoms with Crippen molar-refractivity contribution in [2.45, 2.75) is 19.8 Å². The Morgan fingerprint density at radius 1 is 1.55 bits per heavy atom. The number of benzene rings is 1. The van der Waals surface area contributed by atoms with Crippen molar-refractivity contribution in [3.8, 4) is 0 Å². The number of hydrogen-bond acceptors (Lipinski definition) is 2. The highest BCUT2D eigenvalue weighted by Crippen LogP contribution is 2.25. The van der Waals surface area contributed by atoms with Gasteiger partial charge in [0.05, 0.1) is 17.3 Å². The van der Waals surface area contributed by atoms with Crippen LogP contribution in [0.3, 0.4) is 0 Å². The Bertz CT molecular complexity index is 453. The molecule has 0 saturated carbocycles. The molecular formula is C15H21ClN2O2. The number of rotatable bonds is 3. The Balaban J connectivity index is 1.93. The van der Waals surface area contributed by atoms with Gasteiger partial charge >= 0.3 is 6.03 Å². The number of anilines is 1. The number of hydrogen-bond donors (Lipinski definition) is 1. The van der Waals surface area contributed by atoms with Crippen LogP contribution in [0.1, 0.15) is 18.4 Å². The highest BCUT2D eigenvalue weighted by molar-refractivity contribution is 6.33. The molecule has 4 nitrogen and oxygen atoms in total. The molecule has 1 aromatic carbocycles. The van der Waals surface area contributed by atoms with Crippen molar-refractivity contribution in [2.24, 2.45) is 5.92 Å². The monoisotopic (exact) mass is 296 g/mol. The Morgan fingerprint density at radius 3 is 3.00 bits per heavy atom. The zero-order valence-corrected chi connectivity index (χ0v) is 12.7. The standard InChI is InChI=1S/C15H21ClN2O2/c1-11-5-3-7-13(16)14(11)17-15(19)18(2)9-12-6-4-8-20-10-12/h3,5,7,12H,4,6,8-10H2,1-2H3,(H,17,19)/t12-/m1/s1. The number of carbonyl (C=O) groups is 1. The summed E-state index contributed by atoms with van der Waals surface area (Å²) in [7, 11) is 1.80. The highest BCUT2D eigenvalue weighted by atomic mass is 35.5. The number of aryl methyl sites for hydroxylation is 1. The summed E-state index contributed by atoms with van der Waals surface area (Å²) in [5.41, 5.74) is 1.64. The lowest BCUT2D eigenvalue weighted by Gasteiger charge is -2.27. The number of nitrogens with zero attached hydrogens (tertiary/aromatic N) is 1. The van der Waals surface area contributed by atoms with Crippen LogP contribution in [0.5, 0.6) is 0 Å². The fraction of sp³-hybridized carbons (Fsp3) is 0.533. The van der Waals surface area contributed by atoms with Gasteiger partial charge in [0.15, 0.2) is 0 Å². The van der Waals surface area contributed by atoms with Crippen LogP contribution in [0.2, 0.25) is 5.02 Å². The van der Waals surface area contributed by atoms with Crippen molar-refractivity contribution in [3.63, 3.8) is 0 Å². The van der Waals surface area contributed by atoms with Crippen molar-refractivity contribution in [1.29, 1.82) is 0 Å². The Kier molecular flexibility index (Phi) is 5.26. The summed E-state index contributed by atoms with van der Waals surface area (Å²) < 4.78 is 5.44. The van der Waals surface area contributed by atoms with Crippen LogP contribution in [0, 0.1) is 12.8 Å². The van der Waals surface area contributed by atoms with Gasteiger partial charge in [-0.2, -0.15) is 0 Å². The molecule has 1 fully saturated rings. The van der Waals surface area contributed by atoms with Gasteiger partial charge in [-0.25, -0.2) is 4.79 Å². The minimum atomic E-state index is -0.133. The lowest BCUT2D eigenvalue weighted by Crippen LogP contribution is -2.37. The zero-order valence-electron chi connectivity index (χ0n) is 12.0. The van der Waals surface area contributed by atoms with Crippen LogP contribution >= 0.6 is 11.6 Å². The fourth-order valence-electron chi connectivity index (χ4n) is 2.41. The van der Waals surface area contributed by atoms with E-state index in [0.29, 0.717) is 23.2 Å². The van der Waals surface area contributed by atoms with Crippen molar-refractivity contribution < 1.29 is 9.53 Å². The van der Waals surface area contributed by atoms with Crippen LogP contribution in [0.25, 0.3) is 0 Å². The van der Waals surface area contributed by atoms with E-state index in [9.17, 15) is 4.79 Å². The molecule has 1 saturated heterocycles. The maximum atomic E-state index is 12.2. The molecule has 5 heteroatoms. The van der Waals surface area contributed by atoms with E-state index in [1.165, 1.54) is 0 Å². The average Bonchev–Trinajstić information content (AvgIpc) is 2.44. The first kappa shape index (κ1) is 15.1. The second-order valence-corrected chi connectivity index (χ2v) is 5.73. The quantitative estimate of drug-likeness (QED) is 0.927. The first-order valence-corrected chi connectivity index (χ1v) is 7.30. The number of nitrogens with one attached hydrogen (secondary N) is 1. The predicted octanol–water partition coefficient (Wildman–Crippen LogP) is 3.54. The van der Waals surface area contributed by atoms with Crippen molar-refractivity contribution >= 4 is 23.3 Å². The van der Waals surface area contributed by atoms with Crippen molar-refractivity contribution in [2.75, 3.05) is 32.1 Å². The van der Waals surface area contributed by atoms with Crippen LogP contribution in [-0.2, 0) is 4.74 Å². The summed E-state index contributed by atoms with van der Waals surface area (Å²) in [4.78, 5) is 13.9. The molecule has 20 heavy (non-hydrogen) atoms. The van der Waals surface area contributed by atoms with E-state index in [4.69, 9.17) is 16.3 Å². The number of halogens is 1. The number of urea groups is 1. The van der Waals surface area contributed by atoms with Crippen molar-refractivity contribution in [1.82, 2.24) is 4.90 Å². The van der Waals surface area contributed by atoms with Gasteiger partial charge in [-0.3, -0.25) is 0 Å². The number of amides is 2. The normalized spacial score (nSPS) is 18.6. The first-order valence-electron chi connectivity index (χ1n) is 6.93. The summed E-state index contributed by atoms with van der Waals surface area (Å²) in [5, 5.41) is 3.44. The second-order valence-electron chi connectivity index (χ2n) is 5.33. The molecule has 0 aromatic heterocycles. The van der Waals surface area contributed by atoms with Gasteiger partial charge in [0.25, 0.3) is 0 Å². The summed E-state index contributed by atoms with van der Waals surface area (Å²) in [6.45, 7) is 4.21. The molecule has 1 aliphatic heterocycles. The van der Waals surface area contributed by atoms with E-state index in [1.807, 2.05) is 19.1 Å². The second kappa shape index (κ2) is 6.95. The molecule has 0 radical (unpaired) electrons. The lowest BCUT2D eigenvalue weighted by molar-refractivity contribution is 0.0464. The van der Waals surface area contributed by atoms with Gasteiger partial charge in [-0.15, -0.1) is 0 Å². The molecule has 1 atom stereocenters. The third kappa shape index (κ3) is 3.87. The topological polar surface area (TPSA) is 41.6 Å². The minimum absolute atomic E-state index is 0.133. The van der Waals surface area contributed by atoms with Gasteiger partial charge in [-0.05, 0) is 31.4 Å². The number of ether oxygens (including phenoxy) is 1. The smallest absolute Gasteiger partial charge is 0.321 e. The molecule has 110 valence electrons. The minimum Gasteiger partial charge on any atom is -0.381 e. The van der Waals surface area contributed by atoms with E-state index in [1.54, 1.807) is 18.0 Å². The van der Waals surface area contributed by atoms with E-state index in [2.05, 4.69) is 5.32 Å². The van der Waals surface area contributed by atoms with E-state index >= 15 is 0 Å². The molecule has 2 rings (SSSR count). The Labute approximate surface area is 125 Å². The molecule has 1 N–H and O–H groups in total. The third-order valence-electron chi connectivity index (χ3n) is 3.59. The van der Waals surface area contributed by atoms with Gasteiger partial charge < -0.3 is 15.0 Å². The highest BCUT2D eigenvalue weighted by Gasteiger charge is 2.19. The number of para-hydroxylation sites is 1. The molecule has 0 bridgehead atoms. The van der Waals surface area contributed by atoms with Gasteiger partial charge in [0, 0.05) is 26.1 Å². The van der Waals surface area contributed by atoms with E-state index < -0.39 is 0 Å². The zero-order chi connectivity index (χ0) is 14.5. The predicted molar refractivity (Wildman–Crippen MR) is 81.4 cm³/mol. The summed E-state index contributed by atoms with van der Waals surface area (Å²) >= 11 is 6.12. The molecule has 0 unspecified atom stereocenters. The molecule has 1 aliphatic rings. The maximum absolute atomic E-state index is 12.2. The summed E-state index contributed by atoms with van der Waals surface area (Å²) in [6.07, 6.45) is 2.19. The van der Waals surface area contributed by atoms with Gasteiger partial charge in [-0.1, -0.05) is 23.7 Å². The average molecular weight is 297 g/mol. The molecule has 2 amide bonds. The van der Waals surface area contributed by atoms with E-state index in [0.717, 1.165) is 31.6 Å². The lowest BCUT2D eigenvalue weighted by atomic mass is 10.0. The third-order valence-corrected chi connectivity index (χ3v) is 3.90.